The van der Waals surface area contributed by atoms with Crippen molar-refractivity contribution in [2.45, 2.75) is 65.1 Å². The molecule has 118 valence electrons. The van der Waals surface area contributed by atoms with E-state index in [1.165, 1.54) is 16.5 Å². The van der Waals surface area contributed by atoms with Crippen molar-refractivity contribution in [3.05, 3.63) is 35.5 Å². The summed E-state index contributed by atoms with van der Waals surface area (Å²) in [5.74, 6) is 0. The Kier molecular flexibility index (Phi) is 4.53. The Morgan fingerprint density at radius 3 is 1.95 bits per heavy atom. The quantitative estimate of drug-likeness (QED) is 0.651. The second-order valence-corrected chi connectivity index (χ2v) is 13.1. The molecular formula is C19H28N2Si. The zero-order chi connectivity index (χ0) is 16.7. The van der Waals surface area contributed by atoms with Crippen molar-refractivity contribution in [1.29, 1.82) is 5.26 Å². The first-order valence-electron chi connectivity index (χ1n) is 8.29. The highest BCUT2D eigenvalue weighted by atomic mass is 28.3. The lowest BCUT2D eigenvalue weighted by atomic mass is 10.2. The van der Waals surface area contributed by atoms with Crippen LogP contribution in [0.4, 0.5) is 0 Å². The highest BCUT2D eigenvalue weighted by Crippen LogP contribution is 2.45. The van der Waals surface area contributed by atoms with Gasteiger partial charge in [0, 0.05) is 10.9 Å². The molecular weight excluding hydrogens is 284 g/mol. The third-order valence-corrected chi connectivity index (χ3v) is 12.0. The number of rotatable bonds is 4. The van der Waals surface area contributed by atoms with Crippen LogP contribution in [0.2, 0.25) is 16.6 Å². The Morgan fingerprint density at radius 1 is 0.955 bits per heavy atom. The summed E-state index contributed by atoms with van der Waals surface area (Å²) in [7, 11) is -1.90. The number of hydrogen-bond acceptors (Lipinski definition) is 1. The summed E-state index contributed by atoms with van der Waals surface area (Å²) in [6, 6.07) is 11.1. The van der Waals surface area contributed by atoms with Crippen molar-refractivity contribution >= 4 is 19.1 Å². The normalized spacial score (nSPS) is 12.6. The summed E-state index contributed by atoms with van der Waals surface area (Å²) >= 11 is 0. The summed E-state index contributed by atoms with van der Waals surface area (Å²) in [5, 5.41) is 11.0. The first kappa shape index (κ1) is 16.8. The molecule has 0 saturated heterocycles. The molecule has 0 fully saturated rings. The van der Waals surface area contributed by atoms with E-state index in [1.54, 1.807) is 0 Å². The van der Waals surface area contributed by atoms with Crippen molar-refractivity contribution in [1.82, 2.24) is 4.23 Å². The van der Waals surface area contributed by atoms with E-state index in [1.807, 2.05) is 0 Å². The Bertz CT molecular complexity index is 695. The van der Waals surface area contributed by atoms with Gasteiger partial charge in [-0.1, -0.05) is 53.2 Å². The van der Waals surface area contributed by atoms with Gasteiger partial charge in [-0.05, 0) is 41.7 Å². The Labute approximate surface area is 135 Å². The number of aromatic nitrogens is 1. The molecule has 2 aromatic rings. The van der Waals surface area contributed by atoms with E-state index in [0.29, 0.717) is 16.6 Å². The summed E-state index contributed by atoms with van der Waals surface area (Å²) in [5.41, 5.74) is 5.07. The maximum absolute atomic E-state index is 9.75. The number of nitrogens with zero attached hydrogens (tertiary/aromatic N) is 2. The lowest BCUT2D eigenvalue weighted by Crippen LogP contribution is -2.52. The predicted molar refractivity (Wildman–Crippen MR) is 97.8 cm³/mol. The molecule has 22 heavy (non-hydrogen) atoms. The number of fused-ring (bicyclic) bond motifs is 1. The number of nitriles is 1. The van der Waals surface area contributed by atoms with Crippen LogP contribution in [0.25, 0.3) is 10.9 Å². The van der Waals surface area contributed by atoms with Gasteiger partial charge in [0.05, 0.1) is 0 Å². The van der Waals surface area contributed by atoms with E-state index in [2.05, 4.69) is 83.0 Å². The molecule has 0 spiro atoms. The molecule has 1 heterocycles. The highest BCUT2D eigenvalue weighted by Gasteiger charge is 2.46. The number of aryl methyl sites for hydroxylation is 1. The topological polar surface area (TPSA) is 28.7 Å². The van der Waals surface area contributed by atoms with Gasteiger partial charge in [-0.2, -0.15) is 5.26 Å². The van der Waals surface area contributed by atoms with Gasteiger partial charge in [-0.15, -0.1) is 0 Å². The fourth-order valence-corrected chi connectivity index (χ4v) is 11.3. The summed E-state index contributed by atoms with van der Waals surface area (Å²) < 4.78 is 2.46. The van der Waals surface area contributed by atoms with E-state index in [4.69, 9.17) is 0 Å². The predicted octanol–water partition coefficient (Wildman–Crippen LogP) is 5.85. The minimum Gasteiger partial charge on any atom is -0.359 e. The van der Waals surface area contributed by atoms with E-state index >= 15 is 0 Å². The fraction of sp³-hybridized carbons (Fsp3) is 0.526. The molecule has 0 aliphatic carbocycles. The summed E-state index contributed by atoms with van der Waals surface area (Å²) in [6.45, 7) is 16.2. The Balaban J connectivity index is 2.93. The van der Waals surface area contributed by atoms with Gasteiger partial charge in [0.25, 0.3) is 0 Å². The number of benzene rings is 1. The van der Waals surface area contributed by atoms with Crippen molar-refractivity contribution in [2.75, 3.05) is 0 Å². The largest absolute Gasteiger partial charge is 0.359 e. The molecule has 0 unspecified atom stereocenters. The van der Waals surface area contributed by atoms with Crippen LogP contribution in [0.1, 0.15) is 52.8 Å². The third-order valence-electron chi connectivity index (χ3n) is 5.23. The molecule has 0 atom stereocenters. The molecule has 2 nitrogen and oxygen atoms in total. The van der Waals surface area contributed by atoms with Crippen LogP contribution in [0.3, 0.4) is 0 Å². The van der Waals surface area contributed by atoms with E-state index in [0.717, 1.165) is 5.69 Å². The molecule has 0 amide bonds. The second-order valence-electron chi connectivity index (χ2n) is 7.39. The van der Waals surface area contributed by atoms with Crippen LogP contribution in [-0.2, 0) is 0 Å². The van der Waals surface area contributed by atoms with Crippen LogP contribution in [0, 0.1) is 18.3 Å². The summed E-state index contributed by atoms with van der Waals surface area (Å²) in [4.78, 5) is 0. The zero-order valence-corrected chi connectivity index (χ0v) is 15.9. The standard InChI is InChI=1S/C19H28N2Si/c1-13(2)22(14(3)4,15(5)6)21-18(12-20)11-17-10-16(7)8-9-19(17)21/h8-11,13-15H,1-7H3. The van der Waals surface area contributed by atoms with Gasteiger partial charge in [0.15, 0.2) is 8.24 Å². The van der Waals surface area contributed by atoms with Crippen LogP contribution in [0.5, 0.6) is 0 Å². The van der Waals surface area contributed by atoms with Crippen molar-refractivity contribution in [3.8, 4) is 6.07 Å². The number of hydrogen-bond donors (Lipinski definition) is 0. The van der Waals surface area contributed by atoms with Gasteiger partial charge < -0.3 is 4.23 Å². The van der Waals surface area contributed by atoms with Crippen molar-refractivity contribution in [2.24, 2.45) is 0 Å². The molecule has 3 heteroatoms. The highest BCUT2D eigenvalue weighted by molar-refractivity contribution is 6.82. The molecule has 1 aromatic carbocycles. The molecule has 0 aliphatic rings. The molecule has 2 rings (SSSR count). The first-order valence-corrected chi connectivity index (χ1v) is 10.5. The smallest absolute Gasteiger partial charge is 0.171 e. The van der Waals surface area contributed by atoms with Gasteiger partial charge in [0.2, 0.25) is 0 Å². The van der Waals surface area contributed by atoms with Crippen LogP contribution in [-0.4, -0.2) is 12.5 Å². The SMILES string of the molecule is Cc1ccc2c(c1)cc(C#N)n2[Si](C(C)C)(C(C)C)C(C)C. The van der Waals surface area contributed by atoms with Crippen LogP contribution < -0.4 is 0 Å². The van der Waals surface area contributed by atoms with Gasteiger partial charge in [0.1, 0.15) is 11.8 Å². The second kappa shape index (κ2) is 5.93. The van der Waals surface area contributed by atoms with Crippen molar-refractivity contribution < 1.29 is 0 Å². The van der Waals surface area contributed by atoms with E-state index < -0.39 is 8.24 Å². The minimum absolute atomic E-state index is 0.580. The molecule has 0 N–H and O–H groups in total. The van der Waals surface area contributed by atoms with Crippen LogP contribution in [0.15, 0.2) is 24.3 Å². The van der Waals surface area contributed by atoms with E-state index in [9.17, 15) is 5.26 Å². The molecule has 0 radical (unpaired) electrons. The Hall–Kier alpha value is -1.53. The average Bonchev–Trinajstić information content (AvgIpc) is 2.76. The van der Waals surface area contributed by atoms with Crippen LogP contribution >= 0.6 is 0 Å². The fourth-order valence-electron chi connectivity index (χ4n) is 4.61. The average molecular weight is 313 g/mol. The molecule has 0 saturated carbocycles. The maximum atomic E-state index is 9.75. The zero-order valence-electron chi connectivity index (χ0n) is 14.9. The third kappa shape index (κ3) is 2.30. The summed E-state index contributed by atoms with van der Waals surface area (Å²) in [6.07, 6.45) is 0. The Morgan fingerprint density at radius 2 is 1.50 bits per heavy atom. The van der Waals surface area contributed by atoms with E-state index in [-0.39, 0.29) is 0 Å². The van der Waals surface area contributed by atoms with Gasteiger partial charge in [-0.3, -0.25) is 0 Å². The lowest BCUT2D eigenvalue weighted by Gasteiger charge is -2.45. The van der Waals surface area contributed by atoms with Gasteiger partial charge >= 0.3 is 0 Å². The lowest BCUT2D eigenvalue weighted by molar-refractivity contribution is 0.770. The minimum atomic E-state index is -1.90. The maximum Gasteiger partial charge on any atom is 0.171 e. The van der Waals surface area contributed by atoms with Crippen molar-refractivity contribution in [3.63, 3.8) is 0 Å². The first-order chi connectivity index (χ1) is 10.3. The molecule has 0 bridgehead atoms. The van der Waals surface area contributed by atoms with Gasteiger partial charge in [-0.25, -0.2) is 0 Å². The monoisotopic (exact) mass is 312 g/mol. The molecule has 1 aromatic heterocycles. The molecule has 0 aliphatic heterocycles.